The van der Waals surface area contributed by atoms with Crippen LogP contribution in [0.2, 0.25) is 5.02 Å². The number of allylic oxidation sites excluding steroid dienone is 1. The van der Waals surface area contributed by atoms with Gasteiger partial charge in [0.1, 0.15) is 17.7 Å². The highest BCUT2D eigenvalue weighted by Gasteiger charge is 2.77. The number of nitrogens with one attached hydrogen (secondary N) is 1. The van der Waals surface area contributed by atoms with E-state index in [1.165, 1.54) is 16.9 Å². The molecule has 3 aliphatic rings. The van der Waals surface area contributed by atoms with Crippen molar-refractivity contribution in [2.75, 3.05) is 38.3 Å². The van der Waals surface area contributed by atoms with E-state index >= 15 is 0 Å². The largest absolute Gasteiger partial charge is 0.455 e. The molecule has 0 saturated carbocycles. The second-order valence-corrected chi connectivity index (χ2v) is 14.3. The molecule has 3 amide bonds. The Hall–Kier alpha value is -3.55. The average molecular weight is 773 g/mol. The van der Waals surface area contributed by atoms with Crippen molar-refractivity contribution in [1.82, 2.24) is 10.2 Å². The van der Waals surface area contributed by atoms with E-state index in [0.29, 0.717) is 22.7 Å². The molecule has 2 aromatic rings. The van der Waals surface area contributed by atoms with Crippen LogP contribution in [0.15, 0.2) is 79.9 Å². The molecule has 50 heavy (non-hydrogen) atoms. The number of carbonyl (C=O) groups is 4. The van der Waals surface area contributed by atoms with Gasteiger partial charge in [0.25, 0.3) is 5.91 Å². The number of benzene rings is 2. The normalized spacial score (nSPS) is 26.2. The summed E-state index contributed by atoms with van der Waals surface area (Å²) >= 11 is 10.3. The number of amides is 3. The standard InChI is InChI=1S/C37H43BrClN3O8/c1-4-6-17-28(44)40-26(22-48-3)31(23-13-8-7-9-14-23)49-36(47)29-30-34(45)42(19-12-20-43)33(37(30)21-24(38)32(29)50-37)35(46)41(18-5-2)27-16-11-10-15-25(27)39/h4-5,7-11,13-16,24,26,29-33,43H,1-2,6,12,17-22H2,3H3,(H,40,44)/t24?,26-,29-,30+,31-,32-,33-,37+/m1/s1. The highest BCUT2D eigenvalue weighted by Crippen LogP contribution is 2.60. The SMILES string of the molecule is C=CCCC(=O)N[C@H](COC)[C@H](OC(=O)[C@H]1[C@@H]2O[C@@]3(CC2Br)[C@@H]1C(=O)N(CCCO)[C@@H]3C(=O)N(CC=C)c1ccccc1Cl)c1ccccc1. The smallest absolute Gasteiger partial charge is 0.313 e. The molecule has 0 aliphatic carbocycles. The van der Waals surface area contributed by atoms with Crippen LogP contribution in [0.25, 0.3) is 0 Å². The van der Waals surface area contributed by atoms with Gasteiger partial charge >= 0.3 is 5.97 Å². The van der Waals surface area contributed by atoms with Crippen LogP contribution >= 0.6 is 27.5 Å². The first-order valence-corrected chi connectivity index (χ1v) is 18.0. The van der Waals surface area contributed by atoms with E-state index in [4.69, 9.17) is 25.8 Å². The first-order valence-electron chi connectivity index (χ1n) is 16.7. The molecule has 3 fully saturated rings. The molecular weight excluding hydrogens is 730 g/mol. The Balaban J connectivity index is 1.52. The lowest BCUT2D eigenvalue weighted by atomic mass is 9.70. The topological polar surface area (TPSA) is 135 Å². The maximum Gasteiger partial charge on any atom is 0.313 e. The number of esters is 1. The first kappa shape index (κ1) is 37.7. The van der Waals surface area contributed by atoms with Crippen LogP contribution < -0.4 is 10.2 Å². The fourth-order valence-corrected chi connectivity index (χ4v) is 8.72. The number of carbonyl (C=O) groups excluding carboxylic acids is 4. The summed E-state index contributed by atoms with van der Waals surface area (Å²) in [6.45, 7) is 7.51. The minimum absolute atomic E-state index is 0.0390. The summed E-state index contributed by atoms with van der Waals surface area (Å²) in [6.07, 6.45) is 2.62. The Morgan fingerprint density at radius 2 is 1.90 bits per heavy atom. The van der Waals surface area contributed by atoms with Crippen molar-refractivity contribution in [2.45, 2.75) is 60.4 Å². The van der Waals surface area contributed by atoms with Gasteiger partial charge < -0.3 is 34.4 Å². The molecule has 0 radical (unpaired) electrons. The van der Waals surface area contributed by atoms with Gasteiger partial charge in [-0.1, -0.05) is 82.1 Å². The predicted molar refractivity (Wildman–Crippen MR) is 192 cm³/mol. The van der Waals surface area contributed by atoms with E-state index in [1.54, 1.807) is 60.7 Å². The summed E-state index contributed by atoms with van der Waals surface area (Å²) < 4.78 is 18.4. The van der Waals surface area contributed by atoms with Gasteiger partial charge in [-0.2, -0.15) is 0 Å². The third kappa shape index (κ3) is 7.27. The number of likely N-dealkylation sites (tertiary alicyclic amines) is 1. The third-order valence-electron chi connectivity index (χ3n) is 9.58. The second kappa shape index (κ2) is 16.6. The molecule has 2 aromatic carbocycles. The molecule has 11 nitrogen and oxygen atoms in total. The lowest BCUT2D eigenvalue weighted by molar-refractivity contribution is -0.163. The zero-order valence-corrected chi connectivity index (χ0v) is 30.3. The number of hydrogen-bond donors (Lipinski definition) is 2. The summed E-state index contributed by atoms with van der Waals surface area (Å²) in [4.78, 5) is 59.0. The van der Waals surface area contributed by atoms with Crippen molar-refractivity contribution in [1.29, 1.82) is 0 Å². The van der Waals surface area contributed by atoms with Gasteiger partial charge in [0, 0.05) is 38.1 Å². The molecule has 268 valence electrons. The fourth-order valence-electron chi connectivity index (χ4n) is 7.54. The maximum atomic E-state index is 14.7. The molecule has 8 atom stereocenters. The summed E-state index contributed by atoms with van der Waals surface area (Å²) in [6, 6.07) is 14.0. The highest BCUT2D eigenvalue weighted by atomic mass is 79.9. The number of alkyl halides is 1. The number of methoxy groups -OCH3 is 1. The van der Waals surface area contributed by atoms with E-state index < -0.39 is 59.5 Å². The summed E-state index contributed by atoms with van der Waals surface area (Å²) in [5.41, 5.74) is -0.312. The van der Waals surface area contributed by atoms with Crippen molar-refractivity contribution in [3.05, 3.63) is 90.5 Å². The van der Waals surface area contributed by atoms with E-state index in [9.17, 15) is 24.3 Å². The number of halogens is 2. The van der Waals surface area contributed by atoms with Crippen molar-refractivity contribution in [3.8, 4) is 0 Å². The number of hydrogen-bond acceptors (Lipinski definition) is 8. The van der Waals surface area contributed by atoms with Crippen molar-refractivity contribution >= 4 is 56.9 Å². The van der Waals surface area contributed by atoms with Gasteiger partial charge in [0.15, 0.2) is 0 Å². The van der Waals surface area contributed by atoms with Crippen LogP contribution in [0.4, 0.5) is 5.69 Å². The van der Waals surface area contributed by atoms with Gasteiger partial charge in [-0.25, -0.2) is 0 Å². The van der Waals surface area contributed by atoms with E-state index in [0.717, 1.165) is 0 Å². The van der Waals surface area contributed by atoms with Crippen LogP contribution in [0, 0.1) is 11.8 Å². The number of nitrogens with zero attached hydrogens (tertiary/aromatic N) is 2. The molecule has 13 heteroatoms. The zero-order valence-electron chi connectivity index (χ0n) is 27.9. The predicted octanol–water partition coefficient (Wildman–Crippen LogP) is 4.37. The highest BCUT2D eigenvalue weighted by molar-refractivity contribution is 9.09. The van der Waals surface area contributed by atoms with Crippen molar-refractivity contribution in [2.24, 2.45) is 11.8 Å². The van der Waals surface area contributed by atoms with Crippen molar-refractivity contribution in [3.63, 3.8) is 0 Å². The Labute approximate surface area is 305 Å². The number of aliphatic hydroxyl groups excluding tert-OH is 1. The van der Waals surface area contributed by atoms with Crippen LogP contribution in [0.5, 0.6) is 0 Å². The van der Waals surface area contributed by atoms with Crippen LogP contribution in [-0.2, 0) is 33.4 Å². The molecular formula is C37H43BrClN3O8. The Morgan fingerprint density at radius 3 is 2.56 bits per heavy atom. The summed E-state index contributed by atoms with van der Waals surface area (Å²) in [5.74, 6) is -3.95. The molecule has 3 saturated heterocycles. The van der Waals surface area contributed by atoms with E-state index in [-0.39, 0.29) is 56.3 Å². The Bertz CT molecular complexity index is 1580. The molecule has 1 spiro atoms. The number of fused-ring (bicyclic) bond motifs is 1. The first-order chi connectivity index (χ1) is 24.1. The molecule has 3 aliphatic heterocycles. The van der Waals surface area contributed by atoms with E-state index in [1.807, 2.05) is 6.07 Å². The Morgan fingerprint density at radius 1 is 1.18 bits per heavy atom. The van der Waals surface area contributed by atoms with Gasteiger partial charge in [0.2, 0.25) is 11.8 Å². The van der Waals surface area contributed by atoms with Crippen LogP contribution in [-0.4, -0.2) is 95.7 Å². The van der Waals surface area contributed by atoms with Gasteiger partial charge in [-0.3, -0.25) is 19.2 Å². The summed E-state index contributed by atoms with van der Waals surface area (Å²) in [5, 5.41) is 13.0. The Kier molecular flexibility index (Phi) is 12.6. The molecule has 2 N–H and O–H groups in total. The van der Waals surface area contributed by atoms with Gasteiger partial charge in [-0.15, -0.1) is 13.2 Å². The quantitative estimate of drug-likeness (QED) is 0.138. The molecule has 1 unspecified atom stereocenters. The number of para-hydroxylation sites is 1. The average Bonchev–Trinajstić information content (AvgIpc) is 3.70. The minimum Gasteiger partial charge on any atom is -0.455 e. The van der Waals surface area contributed by atoms with Crippen LogP contribution in [0.1, 0.15) is 37.4 Å². The van der Waals surface area contributed by atoms with Crippen molar-refractivity contribution < 1.29 is 38.5 Å². The second-order valence-electron chi connectivity index (χ2n) is 12.7. The van der Waals surface area contributed by atoms with Crippen LogP contribution in [0.3, 0.4) is 0 Å². The number of ether oxygens (including phenoxy) is 3. The molecule has 3 heterocycles. The van der Waals surface area contributed by atoms with Gasteiger partial charge in [-0.05, 0) is 37.0 Å². The lowest BCUT2D eigenvalue weighted by Gasteiger charge is -2.37. The third-order valence-corrected chi connectivity index (χ3v) is 10.7. The summed E-state index contributed by atoms with van der Waals surface area (Å²) in [7, 11) is 1.49. The number of anilines is 1. The molecule has 5 rings (SSSR count). The zero-order chi connectivity index (χ0) is 36.0. The fraction of sp³-hybridized carbons (Fsp3) is 0.459. The van der Waals surface area contributed by atoms with E-state index in [2.05, 4.69) is 34.4 Å². The molecule has 0 aromatic heterocycles. The minimum atomic E-state index is -1.38. The number of aliphatic hydroxyl groups is 1. The maximum absolute atomic E-state index is 14.7. The molecule has 2 bridgehead atoms. The number of rotatable bonds is 17. The van der Waals surface area contributed by atoms with Gasteiger partial charge in [0.05, 0.1) is 41.3 Å². The lowest BCUT2D eigenvalue weighted by Crippen LogP contribution is -2.57. The monoisotopic (exact) mass is 771 g/mol.